The first-order chi connectivity index (χ1) is 11.4. The summed E-state index contributed by atoms with van der Waals surface area (Å²) in [6.07, 6.45) is 0.326. The average Bonchev–Trinajstić information content (AvgIpc) is 3.09. The van der Waals surface area contributed by atoms with Crippen LogP contribution in [0.3, 0.4) is 0 Å². The molecule has 0 spiro atoms. The van der Waals surface area contributed by atoms with E-state index in [1.54, 1.807) is 17.3 Å². The number of nitrogens with zero attached hydrogens (tertiary/aromatic N) is 2. The summed E-state index contributed by atoms with van der Waals surface area (Å²) in [5, 5.41) is 0. The van der Waals surface area contributed by atoms with Crippen molar-refractivity contribution in [3.63, 3.8) is 0 Å². The third kappa shape index (κ3) is 3.60. The Bertz CT molecular complexity index is 689. The zero-order valence-electron chi connectivity index (χ0n) is 13.0. The quantitative estimate of drug-likeness (QED) is 0.933. The highest BCUT2D eigenvalue weighted by atomic mass is 19.4. The van der Waals surface area contributed by atoms with E-state index in [0.717, 1.165) is 24.7 Å². The Kier molecular flexibility index (Phi) is 4.59. The van der Waals surface area contributed by atoms with Crippen LogP contribution in [-0.4, -0.2) is 33.9 Å². The monoisotopic (exact) mass is 337 g/mol. The fraction of sp³-hybridized carbons (Fsp3) is 0.412. The highest BCUT2D eigenvalue weighted by Gasteiger charge is 2.34. The van der Waals surface area contributed by atoms with E-state index in [-0.39, 0.29) is 23.8 Å². The Hall–Kier alpha value is -2.31. The van der Waals surface area contributed by atoms with Crippen LogP contribution in [0.5, 0.6) is 0 Å². The van der Waals surface area contributed by atoms with Gasteiger partial charge >= 0.3 is 6.18 Å². The number of hydrogen-bond donors (Lipinski definition) is 1. The van der Waals surface area contributed by atoms with Crippen LogP contribution in [0.4, 0.5) is 13.2 Å². The Morgan fingerprint density at radius 3 is 2.58 bits per heavy atom. The molecule has 24 heavy (non-hydrogen) atoms. The van der Waals surface area contributed by atoms with E-state index in [2.05, 4.69) is 9.97 Å². The lowest BCUT2D eigenvalue weighted by molar-refractivity contribution is -0.138. The lowest BCUT2D eigenvalue weighted by Crippen LogP contribution is -2.39. The summed E-state index contributed by atoms with van der Waals surface area (Å²) in [4.78, 5) is 21.3. The lowest BCUT2D eigenvalue weighted by atomic mass is 9.95. The standard InChI is InChI=1S/C17H18F3N3O/c18-17(19,20)14-4-2-1-3-13(14)11-15(24)23-9-5-12(6-10-23)16-21-7-8-22-16/h1-4,7-8,12H,5-6,9-11H2,(H,21,22). The SMILES string of the molecule is O=C(Cc1ccccc1C(F)(F)F)N1CCC(c2ncc[nH]2)CC1. The van der Waals surface area contributed by atoms with Crippen molar-refractivity contribution < 1.29 is 18.0 Å². The minimum absolute atomic E-state index is 0.0307. The second-order valence-corrected chi connectivity index (χ2v) is 5.96. The molecular formula is C17H18F3N3O. The van der Waals surface area contributed by atoms with Crippen molar-refractivity contribution in [2.45, 2.75) is 31.4 Å². The molecule has 4 nitrogen and oxygen atoms in total. The first kappa shape index (κ1) is 16.5. The van der Waals surface area contributed by atoms with Crippen LogP contribution < -0.4 is 0 Å². The van der Waals surface area contributed by atoms with Gasteiger partial charge in [0.15, 0.2) is 0 Å². The molecule has 2 heterocycles. The molecular weight excluding hydrogens is 319 g/mol. The summed E-state index contributed by atoms with van der Waals surface area (Å²) in [5.74, 6) is 0.917. The van der Waals surface area contributed by atoms with E-state index in [0.29, 0.717) is 13.1 Å². The van der Waals surface area contributed by atoms with Gasteiger partial charge in [0.1, 0.15) is 5.82 Å². The largest absolute Gasteiger partial charge is 0.416 e. The number of imidazole rings is 1. The summed E-state index contributed by atoms with van der Waals surface area (Å²) >= 11 is 0. The summed E-state index contributed by atoms with van der Waals surface area (Å²) in [7, 11) is 0. The van der Waals surface area contributed by atoms with Gasteiger partial charge in [-0.2, -0.15) is 13.2 Å². The molecule has 1 aliphatic heterocycles. The van der Waals surface area contributed by atoms with Crippen LogP contribution >= 0.6 is 0 Å². The number of hydrogen-bond acceptors (Lipinski definition) is 2. The first-order valence-electron chi connectivity index (χ1n) is 7.87. The number of aromatic nitrogens is 2. The maximum atomic E-state index is 13.0. The number of alkyl halides is 3. The lowest BCUT2D eigenvalue weighted by Gasteiger charge is -2.31. The molecule has 2 aromatic rings. The van der Waals surface area contributed by atoms with Gasteiger partial charge in [-0.05, 0) is 24.5 Å². The van der Waals surface area contributed by atoms with E-state index >= 15 is 0 Å². The molecule has 0 unspecified atom stereocenters. The van der Waals surface area contributed by atoms with Crippen molar-refractivity contribution in [2.24, 2.45) is 0 Å². The van der Waals surface area contributed by atoms with E-state index in [1.807, 2.05) is 0 Å². The van der Waals surface area contributed by atoms with Crippen molar-refractivity contribution in [3.05, 3.63) is 53.6 Å². The van der Waals surface area contributed by atoms with E-state index in [4.69, 9.17) is 0 Å². The van der Waals surface area contributed by atoms with E-state index < -0.39 is 11.7 Å². The number of halogens is 3. The van der Waals surface area contributed by atoms with Crippen molar-refractivity contribution in [2.75, 3.05) is 13.1 Å². The predicted molar refractivity (Wildman–Crippen MR) is 82.3 cm³/mol. The minimum atomic E-state index is -4.44. The zero-order valence-corrected chi connectivity index (χ0v) is 13.0. The van der Waals surface area contributed by atoms with Gasteiger partial charge in [0.2, 0.25) is 5.91 Å². The molecule has 1 amide bonds. The molecule has 0 saturated carbocycles. The highest BCUT2D eigenvalue weighted by molar-refractivity contribution is 5.79. The molecule has 3 rings (SSSR count). The first-order valence-corrected chi connectivity index (χ1v) is 7.87. The summed E-state index contributed by atoms with van der Waals surface area (Å²) in [6, 6.07) is 5.26. The highest BCUT2D eigenvalue weighted by Crippen LogP contribution is 2.32. The second-order valence-electron chi connectivity index (χ2n) is 5.96. The van der Waals surface area contributed by atoms with Crippen LogP contribution in [0.2, 0.25) is 0 Å². The maximum Gasteiger partial charge on any atom is 0.416 e. The Morgan fingerprint density at radius 1 is 1.25 bits per heavy atom. The molecule has 1 N–H and O–H groups in total. The number of carbonyl (C=O) groups excluding carboxylic acids is 1. The molecule has 1 fully saturated rings. The summed E-state index contributed by atoms with van der Waals surface area (Å²) < 4.78 is 39.0. The van der Waals surface area contributed by atoms with Gasteiger partial charge in [0.25, 0.3) is 0 Å². The van der Waals surface area contributed by atoms with Crippen molar-refractivity contribution >= 4 is 5.91 Å². The van der Waals surface area contributed by atoms with Crippen LogP contribution in [0.1, 0.15) is 35.7 Å². The number of benzene rings is 1. The van der Waals surface area contributed by atoms with E-state index in [9.17, 15) is 18.0 Å². The average molecular weight is 337 g/mol. The Labute approximate surface area is 137 Å². The van der Waals surface area contributed by atoms with Crippen molar-refractivity contribution in [3.8, 4) is 0 Å². The molecule has 0 radical (unpaired) electrons. The molecule has 0 aliphatic carbocycles. The van der Waals surface area contributed by atoms with Crippen LogP contribution in [0, 0.1) is 0 Å². The summed E-state index contributed by atoms with van der Waals surface area (Å²) in [5.41, 5.74) is -0.702. The molecule has 128 valence electrons. The molecule has 0 atom stereocenters. The molecule has 0 bridgehead atoms. The van der Waals surface area contributed by atoms with Crippen LogP contribution in [0.15, 0.2) is 36.7 Å². The predicted octanol–water partition coefficient (Wildman–Crippen LogP) is 3.38. The second kappa shape index (κ2) is 6.67. The number of carbonyl (C=O) groups is 1. The van der Waals surface area contributed by atoms with Gasteiger partial charge in [-0.1, -0.05) is 18.2 Å². The van der Waals surface area contributed by atoms with Crippen molar-refractivity contribution in [1.82, 2.24) is 14.9 Å². The molecule has 7 heteroatoms. The number of aromatic amines is 1. The fourth-order valence-electron chi connectivity index (χ4n) is 3.13. The number of amides is 1. The van der Waals surface area contributed by atoms with Crippen LogP contribution in [-0.2, 0) is 17.4 Å². The topological polar surface area (TPSA) is 49.0 Å². The molecule has 1 aromatic heterocycles. The van der Waals surface area contributed by atoms with Crippen LogP contribution in [0.25, 0.3) is 0 Å². The van der Waals surface area contributed by atoms with Crippen molar-refractivity contribution in [1.29, 1.82) is 0 Å². The van der Waals surface area contributed by atoms with Gasteiger partial charge in [-0.25, -0.2) is 4.98 Å². The maximum absolute atomic E-state index is 13.0. The Morgan fingerprint density at radius 2 is 1.96 bits per heavy atom. The molecule has 1 saturated heterocycles. The van der Waals surface area contributed by atoms with E-state index in [1.165, 1.54) is 18.2 Å². The van der Waals surface area contributed by atoms with Gasteiger partial charge in [-0.3, -0.25) is 4.79 Å². The number of H-pyrrole nitrogens is 1. The Balaban J connectivity index is 1.63. The smallest absolute Gasteiger partial charge is 0.348 e. The summed E-state index contributed by atoms with van der Waals surface area (Å²) in [6.45, 7) is 1.08. The normalized spacial score (nSPS) is 16.4. The molecule has 1 aliphatic rings. The van der Waals surface area contributed by atoms with Gasteiger partial charge < -0.3 is 9.88 Å². The number of likely N-dealkylation sites (tertiary alicyclic amines) is 1. The molecule has 1 aromatic carbocycles. The third-order valence-corrected chi connectivity index (χ3v) is 4.42. The fourth-order valence-corrected chi connectivity index (χ4v) is 3.13. The minimum Gasteiger partial charge on any atom is -0.348 e. The number of rotatable bonds is 3. The number of nitrogens with one attached hydrogen (secondary N) is 1. The van der Waals surface area contributed by atoms with Gasteiger partial charge in [0.05, 0.1) is 12.0 Å². The third-order valence-electron chi connectivity index (χ3n) is 4.42. The zero-order chi connectivity index (χ0) is 17.2. The van der Waals surface area contributed by atoms with Gasteiger partial charge in [-0.15, -0.1) is 0 Å². The van der Waals surface area contributed by atoms with Gasteiger partial charge in [0, 0.05) is 31.4 Å². The number of piperidine rings is 1.